The number of carbonyl (C=O) groups is 2. The third-order valence-corrected chi connectivity index (χ3v) is 5.87. The van der Waals surface area contributed by atoms with E-state index in [9.17, 15) is 18.0 Å². The fourth-order valence-corrected chi connectivity index (χ4v) is 4.17. The number of benzene rings is 2. The van der Waals surface area contributed by atoms with E-state index in [-0.39, 0.29) is 34.6 Å². The molecule has 0 N–H and O–H groups in total. The van der Waals surface area contributed by atoms with Crippen LogP contribution in [0.2, 0.25) is 0 Å². The van der Waals surface area contributed by atoms with Crippen LogP contribution in [0.5, 0.6) is 5.75 Å². The molecule has 0 atom stereocenters. The lowest BCUT2D eigenvalue weighted by Gasteiger charge is -2.24. The molecule has 0 spiro atoms. The molecule has 0 aliphatic rings. The average molecular weight is 478 g/mol. The molecule has 0 aromatic heterocycles. The first-order chi connectivity index (χ1) is 15.5. The van der Waals surface area contributed by atoms with Gasteiger partial charge >= 0.3 is 16.1 Å². The van der Waals surface area contributed by atoms with Gasteiger partial charge in [0.05, 0.1) is 18.3 Å². The molecule has 33 heavy (non-hydrogen) atoms. The quantitative estimate of drug-likeness (QED) is 0.360. The molecule has 180 valence electrons. The van der Waals surface area contributed by atoms with Gasteiger partial charge in [-0.1, -0.05) is 38.1 Å². The van der Waals surface area contributed by atoms with E-state index >= 15 is 0 Å². The van der Waals surface area contributed by atoms with Gasteiger partial charge in [-0.25, -0.2) is 4.79 Å². The highest BCUT2D eigenvalue weighted by Gasteiger charge is 2.26. The van der Waals surface area contributed by atoms with E-state index in [1.807, 2.05) is 13.8 Å². The van der Waals surface area contributed by atoms with Gasteiger partial charge in [0.25, 0.3) is 0 Å². The number of rotatable bonds is 11. The molecule has 0 radical (unpaired) electrons. The lowest BCUT2D eigenvalue weighted by atomic mass is 10.1. The Kier molecular flexibility index (Phi) is 9.43. The number of hydrogen-bond donors (Lipinski definition) is 0. The van der Waals surface area contributed by atoms with E-state index in [0.29, 0.717) is 18.7 Å². The van der Waals surface area contributed by atoms with Crippen molar-refractivity contribution in [2.75, 3.05) is 20.3 Å². The molecule has 0 aliphatic heterocycles. The number of esters is 1. The molecular formula is C24H31NO7S. The molecule has 0 unspecified atom stereocenters. The topological polar surface area (TPSA) is 99.2 Å². The largest absolute Gasteiger partial charge is 0.459 e. The Morgan fingerprint density at radius 2 is 1.70 bits per heavy atom. The Bertz CT molecular complexity index is 1060. The highest BCUT2D eigenvalue weighted by atomic mass is 32.2. The first-order valence-electron chi connectivity index (χ1n) is 10.7. The van der Waals surface area contributed by atoms with E-state index in [1.54, 1.807) is 50.1 Å². The Balaban J connectivity index is 2.28. The molecule has 9 heteroatoms. The van der Waals surface area contributed by atoms with E-state index in [0.717, 1.165) is 0 Å². The Morgan fingerprint density at radius 1 is 1.00 bits per heavy atom. The molecule has 8 nitrogen and oxygen atoms in total. The monoisotopic (exact) mass is 477 g/mol. The van der Waals surface area contributed by atoms with Crippen LogP contribution < -0.4 is 4.18 Å². The minimum absolute atomic E-state index is 0.0383. The molecule has 1 amide bonds. The summed E-state index contributed by atoms with van der Waals surface area (Å²) < 4.78 is 41.5. The SMILES string of the molecule is COCCN(Cc1cccc(OS(=O)(=O)c2ccccc2C(=O)OC(C)C)c1)C(=O)C(C)C. The van der Waals surface area contributed by atoms with Gasteiger partial charge in [-0.05, 0) is 43.7 Å². The fraction of sp³-hybridized carbons (Fsp3) is 0.417. The summed E-state index contributed by atoms with van der Waals surface area (Å²) in [7, 11) is -2.75. The molecule has 0 bridgehead atoms. The van der Waals surface area contributed by atoms with Crippen LogP contribution in [0.15, 0.2) is 53.4 Å². The van der Waals surface area contributed by atoms with Gasteiger partial charge in [0, 0.05) is 26.1 Å². The van der Waals surface area contributed by atoms with Gasteiger partial charge in [0.15, 0.2) is 0 Å². The van der Waals surface area contributed by atoms with E-state index in [1.165, 1.54) is 24.3 Å². The predicted molar refractivity (Wildman–Crippen MR) is 123 cm³/mol. The smallest absolute Gasteiger partial charge is 0.340 e. The van der Waals surface area contributed by atoms with Gasteiger partial charge in [-0.2, -0.15) is 8.42 Å². The normalized spacial score (nSPS) is 11.5. The first kappa shape index (κ1) is 26.3. The summed E-state index contributed by atoms with van der Waals surface area (Å²) >= 11 is 0. The van der Waals surface area contributed by atoms with Crippen LogP contribution in [0.25, 0.3) is 0 Å². The molecule has 0 aliphatic carbocycles. The minimum atomic E-state index is -4.32. The van der Waals surface area contributed by atoms with E-state index in [4.69, 9.17) is 13.7 Å². The number of methoxy groups -OCH3 is 1. The lowest BCUT2D eigenvalue weighted by molar-refractivity contribution is -0.135. The highest BCUT2D eigenvalue weighted by molar-refractivity contribution is 7.87. The first-order valence-corrected chi connectivity index (χ1v) is 12.1. The van der Waals surface area contributed by atoms with Crippen molar-refractivity contribution in [2.24, 2.45) is 5.92 Å². The second kappa shape index (κ2) is 11.8. The van der Waals surface area contributed by atoms with Crippen molar-refractivity contribution in [2.45, 2.75) is 45.2 Å². The lowest BCUT2D eigenvalue weighted by Crippen LogP contribution is -2.36. The molecule has 0 heterocycles. The predicted octanol–water partition coefficient (Wildman–Crippen LogP) is 3.65. The number of hydrogen-bond acceptors (Lipinski definition) is 7. The van der Waals surface area contributed by atoms with Crippen molar-refractivity contribution in [1.29, 1.82) is 0 Å². The van der Waals surface area contributed by atoms with Crippen LogP contribution in [0, 0.1) is 5.92 Å². The zero-order valence-electron chi connectivity index (χ0n) is 19.6. The van der Waals surface area contributed by atoms with Gasteiger partial charge < -0.3 is 18.6 Å². The maximum absolute atomic E-state index is 13.0. The maximum Gasteiger partial charge on any atom is 0.340 e. The Morgan fingerprint density at radius 3 is 2.33 bits per heavy atom. The zero-order valence-corrected chi connectivity index (χ0v) is 20.4. The van der Waals surface area contributed by atoms with Crippen molar-refractivity contribution in [1.82, 2.24) is 4.90 Å². The Hall–Kier alpha value is -2.91. The van der Waals surface area contributed by atoms with Crippen LogP contribution in [-0.4, -0.2) is 51.6 Å². The summed E-state index contributed by atoms with van der Waals surface area (Å²) in [4.78, 5) is 26.3. The number of ether oxygens (including phenoxy) is 2. The molecule has 0 fully saturated rings. The summed E-state index contributed by atoms with van der Waals surface area (Å²) in [6.45, 7) is 8.04. The van der Waals surface area contributed by atoms with Crippen LogP contribution in [-0.2, 0) is 30.9 Å². The van der Waals surface area contributed by atoms with Crippen LogP contribution in [0.1, 0.15) is 43.6 Å². The minimum Gasteiger partial charge on any atom is -0.459 e. The molecular weight excluding hydrogens is 446 g/mol. The number of amides is 1. The van der Waals surface area contributed by atoms with Crippen molar-refractivity contribution < 1.29 is 31.7 Å². The summed E-state index contributed by atoms with van der Waals surface area (Å²) in [5, 5.41) is 0. The summed E-state index contributed by atoms with van der Waals surface area (Å²) in [6.07, 6.45) is -0.402. The average Bonchev–Trinajstić information content (AvgIpc) is 2.75. The third-order valence-electron chi connectivity index (χ3n) is 4.57. The molecule has 2 rings (SSSR count). The second-order valence-electron chi connectivity index (χ2n) is 8.04. The zero-order chi connectivity index (χ0) is 24.6. The third kappa shape index (κ3) is 7.57. The molecule has 0 saturated carbocycles. The highest BCUT2D eigenvalue weighted by Crippen LogP contribution is 2.24. The summed E-state index contributed by atoms with van der Waals surface area (Å²) in [6, 6.07) is 12.2. The maximum atomic E-state index is 13.0. The standard InChI is InChI=1S/C24H31NO7S/c1-17(2)23(26)25(13-14-30-5)16-19-9-8-10-20(15-19)32-33(28,29)22-12-7-6-11-21(22)24(27)31-18(3)4/h6-12,15,17-18H,13-14,16H2,1-5H3. The Labute approximate surface area is 195 Å². The van der Waals surface area contributed by atoms with Gasteiger partial charge in [0.1, 0.15) is 10.6 Å². The summed E-state index contributed by atoms with van der Waals surface area (Å²) in [5.41, 5.74) is 0.593. The van der Waals surface area contributed by atoms with Gasteiger partial charge in [0.2, 0.25) is 5.91 Å². The second-order valence-corrected chi connectivity index (χ2v) is 9.56. The van der Waals surface area contributed by atoms with Crippen molar-refractivity contribution >= 4 is 22.0 Å². The van der Waals surface area contributed by atoms with E-state index < -0.39 is 22.2 Å². The van der Waals surface area contributed by atoms with Gasteiger partial charge in [-0.3, -0.25) is 4.79 Å². The summed E-state index contributed by atoms with van der Waals surface area (Å²) in [5.74, 6) is -0.905. The van der Waals surface area contributed by atoms with E-state index in [2.05, 4.69) is 0 Å². The number of carbonyl (C=O) groups excluding carboxylic acids is 2. The molecule has 2 aromatic carbocycles. The van der Waals surface area contributed by atoms with Crippen molar-refractivity contribution in [3.05, 3.63) is 59.7 Å². The van der Waals surface area contributed by atoms with Crippen LogP contribution in [0.4, 0.5) is 0 Å². The van der Waals surface area contributed by atoms with Crippen molar-refractivity contribution in [3.8, 4) is 5.75 Å². The van der Waals surface area contributed by atoms with Crippen LogP contribution in [0.3, 0.4) is 0 Å². The van der Waals surface area contributed by atoms with Gasteiger partial charge in [-0.15, -0.1) is 0 Å². The molecule has 0 saturated heterocycles. The van der Waals surface area contributed by atoms with Crippen LogP contribution >= 0.6 is 0 Å². The van der Waals surface area contributed by atoms with Crippen molar-refractivity contribution in [3.63, 3.8) is 0 Å². The molecule has 2 aromatic rings. The number of nitrogens with zero attached hydrogens (tertiary/aromatic N) is 1. The fourth-order valence-electron chi connectivity index (χ4n) is 3.05.